The van der Waals surface area contributed by atoms with E-state index in [9.17, 15) is 19.5 Å². The molecule has 3 atom stereocenters. The highest BCUT2D eigenvalue weighted by Crippen LogP contribution is 2.24. The fourth-order valence-electron chi connectivity index (χ4n) is 3.33. The standard InChI is InChI=1S/C24H39N3O5/c1-9-10-16(4)25-21(29)20(17-11-13-18(28)14-12-17)27(8)22(30)19(15(2)3)26-23(31)32-24(5,6)7/h11-16,19-20,28H,9-10H2,1-8H3,(H,25,29)(H,26,31). The number of carbonyl (C=O) groups excluding carboxylic acids is 3. The largest absolute Gasteiger partial charge is 0.508 e. The van der Waals surface area contributed by atoms with E-state index in [4.69, 9.17) is 4.74 Å². The minimum atomic E-state index is -0.927. The monoisotopic (exact) mass is 449 g/mol. The molecule has 0 fully saturated rings. The molecule has 3 amide bonds. The van der Waals surface area contributed by atoms with Crippen molar-refractivity contribution in [3.05, 3.63) is 29.8 Å². The topological polar surface area (TPSA) is 108 Å². The number of ether oxygens (including phenoxy) is 1. The SMILES string of the molecule is CCCC(C)NC(=O)C(c1ccc(O)cc1)N(C)C(=O)C(NC(=O)OC(C)(C)C)C(C)C. The summed E-state index contributed by atoms with van der Waals surface area (Å²) in [6.07, 6.45) is 1.02. The molecule has 3 N–H and O–H groups in total. The highest BCUT2D eigenvalue weighted by molar-refractivity contribution is 5.92. The Bertz CT molecular complexity index is 771. The van der Waals surface area contributed by atoms with Gasteiger partial charge in [0.05, 0.1) is 0 Å². The van der Waals surface area contributed by atoms with E-state index in [0.717, 1.165) is 12.8 Å². The van der Waals surface area contributed by atoms with Crippen molar-refractivity contribution < 1.29 is 24.2 Å². The summed E-state index contributed by atoms with van der Waals surface area (Å²) in [5.41, 5.74) is -0.149. The Morgan fingerprint density at radius 1 is 1.06 bits per heavy atom. The van der Waals surface area contributed by atoms with Gasteiger partial charge in [0, 0.05) is 13.1 Å². The predicted octanol–water partition coefficient (Wildman–Crippen LogP) is 3.75. The summed E-state index contributed by atoms with van der Waals surface area (Å²) in [4.78, 5) is 40.2. The highest BCUT2D eigenvalue weighted by atomic mass is 16.6. The second-order valence-electron chi connectivity index (χ2n) is 9.51. The van der Waals surface area contributed by atoms with Crippen molar-refractivity contribution in [2.24, 2.45) is 5.92 Å². The molecule has 1 rings (SSSR count). The number of phenolic OH excluding ortho intramolecular Hbond substituents is 1. The van der Waals surface area contributed by atoms with Crippen molar-refractivity contribution in [3.8, 4) is 5.75 Å². The number of hydrogen-bond donors (Lipinski definition) is 3. The highest BCUT2D eigenvalue weighted by Gasteiger charge is 2.35. The van der Waals surface area contributed by atoms with Gasteiger partial charge in [-0.25, -0.2) is 4.79 Å². The number of carbonyl (C=O) groups is 3. The van der Waals surface area contributed by atoms with Gasteiger partial charge in [0.25, 0.3) is 0 Å². The summed E-state index contributed by atoms with van der Waals surface area (Å²) in [5.74, 6) is -0.914. The molecule has 0 saturated carbocycles. The van der Waals surface area contributed by atoms with Crippen LogP contribution in [-0.4, -0.2) is 52.6 Å². The zero-order valence-corrected chi connectivity index (χ0v) is 20.6. The predicted molar refractivity (Wildman–Crippen MR) is 124 cm³/mol. The molecule has 1 aromatic carbocycles. The van der Waals surface area contributed by atoms with Crippen LogP contribution in [0.5, 0.6) is 5.75 Å². The molecule has 0 aliphatic carbocycles. The van der Waals surface area contributed by atoms with E-state index in [-0.39, 0.29) is 23.6 Å². The maximum absolute atomic E-state index is 13.4. The van der Waals surface area contributed by atoms with Crippen LogP contribution in [0.2, 0.25) is 0 Å². The Morgan fingerprint density at radius 3 is 2.09 bits per heavy atom. The summed E-state index contributed by atoms with van der Waals surface area (Å²) < 4.78 is 5.31. The van der Waals surface area contributed by atoms with Crippen LogP contribution in [0.4, 0.5) is 4.79 Å². The van der Waals surface area contributed by atoms with Gasteiger partial charge in [-0.2, -0.15) is 0 Å². The van der Waals surface area contributed by atoms with Gasteiger partial charge >= 0.3 is 6.09 Å². The summed E-state index contributed by atoms with van der Waals surface area (Å²) in [7, 11) is 1.54. The number of alkyl carbamates (subject to hydrolysis) is 1. The van der Waals surface area contributed by atoms with Crippen LogP contribution < -0.4 is 10.6 Å². The number of aromatic hydroxyl groups is 1. The molecule has 0 aromatic heterocycles. The van der Waals surface area contributed by atoms with E-state index in [1.807, 2.05) is 27.7 Å². The average molecular weight is 450 g/mol. The van der Waals surface area contributed by atoms with Crippen molar-refractivity contribution in [2.75, 3.05) is 7.05 Å². The molecule has 0 radical (unpaired) electrons. The fraction of sp³-hybridized carbons (Fsp3) is 0.625. The second-order valence-corrected chi connectivity index (χ2v) is 9.51. The minimum Gasteiger partial charge on any atom is -0.508 e. The van der Waals surface area contributed by atoms with E-state index >= 15 is 0 Å². The van der Waals surface area contributed by atoms with Crippen molar-refractivity contribution in [3.63, 3.8) is 0 Å². The molecule has 8 nitrogen and oxygen atoms in total. The van der Waals surface area contributed by atoms with Gasteiger partial charge in [0.2, 0.25) is 11.8 Å². The lowest BCUT2D eigenvalue weighted by molar-refractivity contribution is -0.141. The second kappa shape index (κ2) is 11.7. The first-order valence-electron chi connectivity index (χ1n) is 11.1. The maximum Gasteiger partial charge on any atom is 0.408 e. The Balaban J connectivity index is 3.20. The van der Waals surface area contributed by atoms with E-state index in [0.29, 0.717) is 5.56 Å². The molecule has 0 bridgehead atoms. The number of nitrogens with one attached hydrogen (secondary N) is 2. The smallest absolute Gasteiger partial charge is 0.408 e. The number of benzene rings is 1. The maximum atomic E-state index is 13.4. The van der Waals surface area contributed by atoms with E-state index in [1.165, 1.54) is 24.1 Å². The average Bonchev–Trinajstić information content (AvgIpc) is 2.65. The quantitative estimate of drug-likeness (QED) is 0.532. The zero-order valence-electron chi connectivity index (χ0n) is 20.6. The first-order chi connectivity index (χ1) is 14.8. The Morgan fingerprint density at radius 2 is 1.62 bits per heavy atom. The molecular weight excluding hydrogens is 410 g/mol. The molecule has 0 saturated heterocycles. The van der Waals surface area contributed by atoms with Crippen LogP contribution >= 0.6 is 0 Å². The first kappa shape index (κ1) is 27.3. The van der Waals surface area contributed by atoms with E-state index < -0.39 is 29.7 Å². The van der Waals surface area contributed by atoms with Crippen LogP contribution in [0.15, 0.2) is 24.3 Å². The Kier molecular flexibility index (Phi) is 10.0. The number of nitrogens with zero attached hydrogens (tertiary/aromatic N) is 1. The molecule has 0 spiro atoms. The Labute approximate surface area is 191 Å². The fourth-order valence-corrected chi connectivity index (χ4v) is 3.33. The van der Waals surface area contributed by atoms with Crippen LogP contribution in [0.3, 0.4) is 0 Å². The first-order valence-corrected chi connectivity index (χ1v) is 11.1. The zero-order chi connectivity index (χ0) is 24.6. The van der Waals surface area contributed by atoms with Crippen LogP contribution in [0, 0.1) is 5.92 Å². The molecule has 3 unspecified atom stereocenters. The molecule has 8 heteroatoms. The normalized spacial score (nSPS) is 14.3. The summed E-state index contributed by atoms with van der Waals surface area (Å²) in [6.45, 7) is 12.8. The van der Waals surface area contributed by atoms with Gasteiger partial charge in [-0.05, 0) is 57.7 Å². The summed E-state index contributed by atoms with van der Waals surface area (Å²) in [5, 5.41) is 15.3. The van der Waals surface area contributed by atoms with E-state index in [2.05, 4.69) is 10.6 Å². The van der Waals surface area contributed by atoms with Gasteiger partial charge in [0.1, 0.15) is 23.4 Å². The van der Waals surface area contributed by atoms with E-state index in [1.54, 1.807) is 32.9 Å². The molecule has 0 heterocycles. The lowest BCUT2D eigenvalue weighted by atomic mass is 9.99. The third-order valence-electron chi connectivity index (χ3n) is 4.91. The van der Waals surface area contributed by atoms with Crippen LogP contribution in [0.1, 0.15) is 72.9 Å². The number of hydrogen-bond acceptors (Lipinski definition) is 5. The number of rotatable bonds is 9. The van der Waals surface area contributed by atoms with Crippen molar-refractivity contribution >= 4 is 17.9 Å². The van der Waals surface area contributed by atoms with Crippen molar-refractivity contribution in [1.29, 1.82) is 0 Å². The molecule has 32 heavy (non-hydrogen) atoms. The molecule has 0 aliphatic rings. The third kappa shape index (κ3) is 8.40. The van der Waals surface area contributed by atoms with Crippen molar-refractivity contribution in [1.82, 2.24) is 15.5 Å². The lowest BCUT2D eigenvalue weighted by Crippen LogP contribution is -2.54. The van der Waals surface area contributed by atoms with Crippen LogP contribution in [-0.2, 0) is 14.3 Å². The van der Waals surface area contributed by atoms with Gasteiger partial charge in [0.15, 0.2) is 0 Å². The van der Waals surface area contributed by atoms with Gasteiger partial charge < -0.3 is 25.4 Å². The molecule has 180 valence electrons. The Hall–Kier alpha value is -2.77. The van der Waals surface area contributed by atoms with Crippen molar-refractivity contribution in [2.45, 2.75) is 85.0 Å². The number of phenols is 1. The third-order valence-corrected chi connectivity index (χ3v) is 4.91. The number of amides is 3. The van der Waals surface area contributed by atoms with Gasteiger partial charge in [-0.1, -0.05) is 39.3 Å². The summed E-state index contributed by atoms with van der Waals surface area (Å²) >= 11 is 0. The summed E-state index contributed by atoms with van der Waals surface area (Å²) in [6, 6.07) is 4.31. The van der Waals surface area contributed by atoms with Crippen LogP contribution in [0.25, 0.3) is 0 Å². The number of likely N-dealkylation sites (N-methyl/N-ethyl adjacent to an activating group) is 1. The van der Waals surface area contributed by atoms with Gasteiger partial charge in [-0.15, -0.1) is 0 Å². The van der Waals surface area contributed by atoms with Gasteiger partial charge in [-0.3, -0.25) is 9.59 Å². The minimum absolute atomic E-state index is 0.0589. The molecule has 1 aromatic rings. The lowest BCUT2D eigenvalue weighted by Gasteiger charge is -2.33. The molecular formula is C24H39N3O5. The molecule has 0 aliphatic heterocycles.